The molecule has 5 nitrogen and oxygen atoms in total. The summed E-state index contributed by atoms with van der Waals surface area (Å²) >= 11 is 0. The van der Waals surface area contributed by atoms with Gasteiger partial charge >= 0.3 is 0 Å². The van der Waals surface area contributed by atoms with Crippen molar-refractivity contribution in [3.8, 4) is 0 Å². The zero-order valence-corrected chi connectivity index (χ0v) is 12.4. The van der Waals surface area contributed by atoms with Crippen LogP contribution in [0, 0.1) is 0 Å². The minimum Gasteiger partial charge on any atom is -0.380 e. The number of nitrogens with one attached hydrogen (secondary N) is 1. The number of carbonyl (C=O) groups is 2. The van der Waals surface area contributed by atoms with Crippen molar-refractivity contribution >= 4 is 11.8 Å². The van der Waals surface area contributed by atoms with E-state index in [1.165, 1.54) is 12.8 Å². The number of imide groups is 1. The quantitative estimate of drug-likeness (QED) is 0.455. The Kier molecular flexibility index (Phi) is 5.98. The van der Waals surface area contributed by atoms with Crippen LogP contribution in [0.4, 0.5) is 0 Å². The van der Waals surface area contributed by atoms with Crippen LogP contribution in [0.25, 0.3) is 0 Å². The molecule has 2 amide bonds. The first-order valence-corrected chi connectivity index (χ1v) is 7.91. The molecule has 2 rings (SSSR count). The summed E-state index contributed by atoms with van der Waals surface area (Å²) in [5.41, 5.74) is 0. The molecule has 0 aromatic heterocycles. The minimum atomic E-state index is -0.341. The molecule has 0 radical (unpaired) electrons. The van der Waals surface area contributed by atoms with Crippen molar-refractivity contribution in [3.05, 3.63) is 0 Å². The second-order valence-electron chi connectivity index (χ2n) is 5.66. The molecule has 0 bridgehead atoms. The lowest BCUT2D eigenvalue weighted by Gasteiger charge is -2.25. The van der Waals surface area contributed by atoms with E-state index in [4.69, 9.17) is 4.74 Å². The fourth-order valence-corrected chi connectivity index (χ4v) is 3.16. The summed E-state index contributed by atoms with van der Waals surface area (Å²) in [7, 11) is 0. The van der Waals surface area contributed by atoms with Gasteiger partial charge in [-0.15, -0.1) is 0 Å². The Morgan fingerprint density at radius 2 is 1.90 bits per heavy atom. The van der Waals surface area contributed by atoms with E-state index in [9.17, 15) is 9.59 Å². The van der Waals surface area contributed by atoms with Gasteiger partial charge in [-0.25, -0.2) is 0 Å². The number of hydrogen-bond donors (Lipinski definition) is 1. The van der Waals surface area contributed by atoms with E-state index in [1.807, 2.05) is 6.92 Å². The third-order valence-electron chi connectivity index (χ3n) is 4.21. The van der Waals surface area contributed by atoms with Gasteiger partial charge in [-0.2, -0.15) is 0 Å². The van der Waals surface area contributed by atoms with E-state index in [-0.39, 0.29) is 23.9 Å². The molecule has 1 atom stereocenters. The van der Waals surface area contributed by atoms with Gasteiger partial charge in [0.05, 0.1) is 19.1 Å². The highest BCUT2D eigenvalue weighted by atomic mass is 16.5. The van der Waals surface area contributed by atoms with Gasteiger partial charge in [-0.3, -0.25) is 14.5 Å². The maximum Gasteiger partial charge on any atom is 0.247 e. The summed E-state index contributed by atoms with van der Waals surface area (Å²) < 4.78 is 5.24. The Morgan fingerprint density at radius 1 is 1.20 bits per heavy atom. The van der Waals surface area contributed by atoms with E-state index >= 15 is 0 Å². The van der Waals surface area contributed by atoms with Gasteiger partial charge in [0.25, 0.3) is 0 Å². The maximum atomic E-state index is 12.4. The predicted molar refractivity (Wildman–Crippen MR) is 76.2 cm³/mol. The maximum absolute atomic E-state index is 12.4. The molecule has 1 unspecified atom stereocenters. The van der Waals surface area contributed by atoms with E-state index in [2.05, 4.69) is 5.32 Å². The molecule has 1 N–H and O–H groups in total. The van der Waals surface area contributed by atoms with Crippen LogP contribution >= 0.6 is 0 Å². The molecule has 114 valence electrons. The van der Waals surface area contributed by atoms with Crippen LogP contribution in [-0.4, -0.2) is 48.6 Å². The molecule has 1 aliphatic heterocycles. The number of ether oxygens (including phenoxy) is 1. The van der Waals surface area contributed by atoms with Crippen molar-refractivity contribution < 1.29 is 14.3 Å². The SMILES string of the molecule is CCOCCNC1CC(=O)N(C2CCCCCC2)C1=O. The molecule has 2 fully saturated rings. The summed E-state index contributed by atoms with van der Waals surface area (Å²) in [6.45, 7) is 3.82. The lowest BCUT2D eigenvalue weighted by atomic mass is 10.1. The number of carbonyl (C=O) groups excluding carboxylic acids is 2. The van der Waals surface area contributed by atoms with Gasteiger partial charge in [0.15, 0.2) is 0 Å². The molecule has 0 aromatic rings. The molecule has 1 saturated carbocycles. The average Bonchev–Trinajstić information content (AvgIpc) is 2.63. The normalized spacial score (nSPS) is 25.2. The number of amides is 2. The minimum absolute atomic E-state index is 0.00388. The number of nitrogens with zero attached hydrogens (tertiary/aromatic N) is 1. The largest absolute Gasteiger partial charge is 0.380 e. The van der Waals surface area contributed by atoms with Crippen LogP contribution in [-0.2, 0) is 14.3 Å². The fraction of sp³-hybridized carbons (Fsp3) is 0.867. The molecule has 1 heterocycles. The first-order valence-electron chi connectivity index (χ1n) is 7.91. The second-order valence-corrected chi connectivity index (χ2v) is 5.66. The second kappa shape index (κ2) is 7.74. The third kappa shape index (κ3) is 3.79. The van der Waals surface area contributed by atoms with Gasteiger partial charge in [0.1, 0.15) is 0 Å². The summed E-state index contributed by atoms with van der Waals surface area (Å²) in [6.07, 6.45) is 6.97. The van der Waals surface area contributed by atoms with Crippen LogP contribution < -0.4 is 5.32 Å². The van der Waals surface area contributed by atoms with Crippen molar-refractivity contribution in [1.82, 2.24) is 10.2 Å². The van der Waals surface area contributed by atoms with E-state index in [0.717, 1.165) is 25.7 Å². The summed E-state index contributed by atoms with van der Waals surface area (Å²) in [4.78, 5) is 26.1. The highest BCUT2D eigenvalue weighted by Crippen LogP contribution is 2.26. The number of hydrogen-bond acceptors (Lipinski definition) is 4. The average molecular weight is 282 g/mol. The zero-order valence-electron chi connectivity index (χ0n) is 12.4. The highest BCUT2D eigenvalue weighted by Gasteiger charge is 2.41. The van der Waals surface area contributed by atoms with E-state index < -0.39 is 0 Å². The summed E-state index contributed by atoms with van der Waals surface area (Å²) in [6, 6.07) is -0.206. The Balaban J connectivity index is 1.87. The predicted octanol–water partition coefficient (Wildman–Crippen LogP) is 1.46. The van der Waals surface area contributed by atoms with E-state index in [1.54, 1.807) is 4.90 Å². The monoisotopic (exact) mass is 282 g/mol. The van der Waals surface area contributed by atoms with Crippen molar-refractivity contribution in [2.45, 2.75) is 64.0 Å². The first-order chi connectivity index (χ1) is 9.74. The molecule has 0 aromatic carbocycles. The number of likely N-dealkylation sites (tertiary alicyclic amines) is 1. The highest BCUT2D eigenvalue weighted by molar-refractivity contribution is 6.05. The van der Waals surface area contributed by atoms with Gasteiger partial charge in [-0.05, 0) is 19.8 Å². The Bertz CT molecular complexity index is 338. The molecule has 2 aliphatic rings. The zero-order chi connectivity index (χ0) is 14.4. The standard InChI is InChI=1S/C15H26N2O3/c1-2-20-10-9-16-13-11-14(18)17(15(13)19)12-7-5-3-4-6-8-12/h12-13,16H,2-11H2,1H3. The molecular formula is C15H26N2O3. The van der Waals surface area contributed by atoms with Gasteiger partial charge in [0, 0.05) is 19.2 Å². The van der Waals surface area contributed by atoms with Gasteiger partial charge in [0.2, 0.25) is 11.8 Å². The third-order valence-corrected chi connectivity index (χ3v) is 4.21. The topological polar surface area (TPSA) is 58.6 Å². The van der Waals surface area contributed by atoms with E-state index in [0.29, 0.717) is 26.2 Å². The van der Waals surface area contributed by atoms with Crippen molar-refractivity contribution in [3.63, 3.8) is 0 Å². The Labute approximate surface area is 121 Å². The molecular weight excluding hydrogens is 256 g/mol. The van der Waals surface area contributed by atoms with Gasteiger partial charge < -0.3 is 10.1 Å². The first kappa shape index (κ1) is 15.4. The summed E-state index contributed by atoms with van der Waals surface area (Å²) in [5.74, 6) is -0.0331. The molecule has 20 heavy (non-hydrogen) atoms. The van der Waals surface area contributed by atoms with Crippen LogP contribution in [0.5, 0.6) is 0 Å². The van der Waals surface area contributed by atoms with Crippen LogP contribution in [0.2, 0.25) is 0 Å². The van der Waals surface area contributed by atoms with Crippen molar-refractivity contribution in [1.29, 1.82) is 0 Å². The van der Waals surface area contributed by atoms with Gasteiger partial charge in [-0.1, -0.05) is 25.7 Å². The molecule has 1 saturated heterocycles. The van der Waals surface area contributed by atoms with Crippen LogP contribution in [0.1, 0.15) is 51.9 Å². The van der Waals surface area contributed by atoms with Crippen LogP contribution in [0.15, 0.2) is 0 Å². The van der Waals surface area contributed by atoms with Crippen LogP contribution in [0.3, 0.4) is 0 Å². The molecule has 5 heteroatoms. The van der Waals surface area contributed by atoms with Crippen molar-refractivity contribution in [2.24, 2.45) is 0 Å². The lowest BCUT2D eigenvalue weighted by molar-refractivity contribution is -0.141. The van der Waals surface area contributed by atoms with Crippen molar-refractivity contribution in [2.75, 3.05) is 19.8 Å². The molecule has 0 spiro atoms. The summed E-state index contributed by atoms with van der Waals surface area (Å²) in [5, 5.41) is 3.14. The Morgan fingerprint density at radius 3 is 2.55 bits per heavy atom. The smallest absolute Gasteiger partial charge is 0.247 e. The lowest BCUT2D eigenvalue weighted by Crippen LogP contribution is -2.44. The fourth-order valence-electron chi connectivity index (χ4n) is 3.16. The Hall–Kier alpha value is -0.940. The molecule has 1 aliphatic carbocycles. The number of rotatable bonds is 6.